The van der Waals surface area contributed by atoms with Crippen molar-refractivity contribution in [1.29, 1.82) is 0 Å². The van der Waals surface area contributed by atoms with E-state index in [1.807, 2.05) is 61.5 Å². The molecule has 1 aliphatic heterocycles. The second-order valence-corrected chi connectivity index (χ2v) is 6.14. The van der Waals surface area contributed by atoms with Gasteiger partial charge >= 0.3 is 0 Å². The number of hydrogen-bond donors (Lipinski definition) is 0. The van der Waals surface area contributed by atoms with E-state index < -0.39 is 0 Å². The number of carbonyl (C=O) groups is 2. The maximum atomic E-state index is 12.6. The van der Waals surface area contributed by atoms with Gasteiger partial charge in [-0.3, -0.25) is 9.59 Å². The van der Waals surface area contributed by atoms with Crippen LogP contribution in [-0.2, 0) is 9.59 Å². The summed E-state index contributed by atoms with van der Waals surface area (Å²) in [6.07, 6.45) is 0.298. The maximum Gasteiger partial charge on any atom is 0.232 e. The summed E-state index contributed by atoms with van der Waals surface area (Å²) < 4.78 is 5.76. The first-order valence-corrected chi connectivity index (χ1v) is 8.46. The molecule has 3 rings (SSSR count). The second kappa shape index (κ2) is 7.38. The Morgan fingerprint density at radius 2 is 1.76 bits per heavy atom. The van der Waals surface area contributed by atoms with E-state index in [-0.39, 0.29) is 17.7 Å². The highest BCUT2D eigenvalue weighted by Gasteiger charge is 2.35. The molecule has 5 nitrogen and oxygen atoms in total. The van der Waals surface area contributed by atoms with Crippen molar-refractivity contribution in [2.45, 2.75) is 13.3 Å². The largest absolute Gasteiger partial charge is 0.457 e. The molecule has 1 fully saturated rings. The lowest BCUT2D eigenvalue weighted by atomic mass is 10.1. The summed E-state index contributed by atoms with van der Waals surface area (Å²) in [4.78, 5) is 27.8. The number of amides is 2. The van der Waals surface area contributed by atoms with Gasteiger partial charge in [-0.1, -0.05) is 18.2 Å². The molecule has 2 aromatic rings. The maximum absolute atomic E-state index is 12.6. The third-order valence-corrected chi connectivity index (χ3v) is 4.48. The third-order valence-electron chi connectivity index (χ3n) is 4.48. The number of rotatable bonds is 5. The molecule has 2 aromatic carbocycles. The van der Waals surface area contributed by atoms with Gasteiger partial charge in [0.1, 0.15) is 11.5 Å². The molecule has 5 heteroatoms. The molecule has 0 spiro atoms. The Labute approximate surface area is 147 Å². The fourth-order valence-corrected chi connectivity index (χ4v) is 3.01. The van der Waals surface area contributed by atoms with Crippen LogP contribution in [0.2, 0.25) is 0 Å². The van der Waals surface area contributed by atoms with Crippen LogP contribution < -0.4 is 9.64 Å². The van der Waals surface area contributed by atoms with E-state index in [0.29, 0.717) is 25.3 Å². The lowest BCUT2D eigenvalue weighted by Gasteiger charge is -2.21. The standard InChI is InChI=1S/C20H22N2O3/c1-3-22-14-15(13-19(22)23)20(24)21(2)16-9-11-18(12-10-16)25-17-7-5-4-6-8-17/h4-12,15H,3,13-14H2,1-2H3. The van der Waals surface area contributed by atoms with E-state index in [4.69, 9.17) is 4.74 Å². The zero-order valence-electron chi connectivity index (χ0n) is 14.5. The Balaban J connectivity index is 1.65. The van der Waals surface area contributed by atoms with E-state index in [1.165, 1.54) is 0 Å². The molecule has 130 valence electrons. The highest BCUT2D eigenvalue weighted by atomic mass is 16.5. The van der Waals surface area contributed by atoms with Crippen LogP contribution in [0.15, 0.2) is 54.6 Å². The molecule has 0 radical (unpaired) electrons. The molecule has 25 heavy (non-hydrogen) atoms. The van der Waals surface area contributed by atoms with Gasteiger partial charge in [-0.15, -0.1) is 0 Å². The van der Waals surface area contributed by atoms with Crippen molar-refractivity contribution in [2.24, 2.45) is 5.92 Å². The average molecular weight is 338 g/mol. The van der Waals surface area contributed by atoms with Crippen molar-refractivity contribution in [3.8, 4) is 11.5 Å². The van der Waals surface area contributed by atoms with Crippen molar-refractivity contribution in [3.63, 3.8) is 0 Å². The van der Waals surface area contributed by atoms with Crippen molar-refractivity contribution < 1.29 is 14.3 Å². The van der Waals surface area contributed by atoms with Gasteiger partial charge in [-0.05, 0) is 43.3 Å². The summed E-state index contributed by atoms with van der Waals surface area (Å²) in [6.45, 7) is 3.09. The first-order valence-electron chi connectivity index (χ1n) is 8.46. The molecule has 1 aliphatic rings. The van der Waals surface area contributed by atoms with Gasteiger partial charge in [0.15, 0.2) is 0 Å². The van der Waals surface area contributed by atoms with E-state index in [1.54, 1.807) is 16.8 Å². The predicted molar refractivity (Wildman–Crippen MR) is 96.7 cm³/mol. The Hall–Kier alpha value is -2.82. The number of nitrogens with zero attached hydrogens (tertiary/aromatic N) is 2. The van der Waals surface area contributed by atoms with Gasteiger partial charge in [0.25, 0.3) is 0 Å². The minimum Gasteiger partial charge on any atom is -0.457 e. The molecule has 0 bridgehead atoms. The highest BCUT2D eigenvalue weighted by Crippen LogP contribution is 2.26. The molecular formula is C20H22N2O3. The molecule has 0 aromatic heterocycles. The first kappa shape index (κ1) is 17.0. The molecule has 1 saturated heterocycles. The Morgan fingerprint density at radius 1 is 1.12 bits per heavy atom. The van der Waals surface area contributed by atoms with Crippen LogP contribution in [0.25, 0.3) is 0 Å². The number of para-hydroxylation sites is 1. The number of likely N-dealkylation sites (tertiary alicyclic amines) is 1. The summed E-state index contributed by atoms with van der Waals surface area (Å²) >= 11 is 0. The van der Waals surface area contributed by atoms with Gasteiger partial charge in [0, 0.05) is 32.2 Å². The molecule has 1 unspecified atom stereocenters. The van der Waals surface area contributed by atoms with Crippen molar-refractivity contribution in [2.75, 3.05) is 25.0 Å². The average Bonchev–Trinajstić information content (AvgIpc) is 3.03. The second-order valence-electron chi connectivity index (χ2n) is 6.14. The lowest BCUT2D eigenvalue weighted by Crippen LogP contribution is -2.34. The molecule has 2 amide bonds. The van der Waals surface area contributed by atoms with Crippen LogP contribution >= 0.6 is 0 Å². The van der Waals surface area contributed by atoms with Crippen molar-refractivity contribution in [3.05, 3.63) is 54.6 Å². The summed E-state index contributed by atoms with van der Waals surface area (Å²) in [5, 5.41) is 0. The van der Waals surface area contributed by atoms with Gasteiger partial charge in [0.05, 0.1) is 5.92 Å². The first-order chi connectivity index (χ1) is 12.1. The summed E-state index contributed by atoms with van der Waals surface area (Å²) in [5.74, 6) is 1.24. The third kappa shape index (κ3) is 3.82. The number of ether oxygens (including phenoxy) is 1. The van der Waals surface area contributed by atoms with Crippen LogP contribution in [0.5, 0.6) is 11.5 Å². The SMILES string of the molecule is CCN1CC(C(=O)N(C)c2ccc(Oc3ccccc3)cc2)CC1=O. The molecule has 1 heterocycles. The highest BCUT2D eigenvalue weighted by molar-refractivity contribution is 5.98. The molecular weight excluding hydrogens is 316 g/mol. The van der Waals surface area contributed by atoms with E-state index >= 15 is 0 Å². The normalized spacial score (nSPS) is 16.8. The number of hydrogen-bond acceptors (Lipinski definition) is 3. The smallest absolute Gasteiger partial charge is 0.232 e. The van der Waals surface area contributed by atoms with Gasteiger partial charge < -0.3 is 14.5 Å². The fourth-order valence-electron chi connectivity index (χ4n) is 3.01. The molecule has 1 atom stereocenters. The topological polar surface area (TPSA) is 49.9 Å². The molecule has 0 saturated carbocycles. The number of benzene rings is 2. The van der Waals surface area contributed by atoms with Gasteiger partial charge in [-0.2, -0.15) is 0 Å². The van der Waals surface area contributed by atoms with Crippen molar-refractivity contribution >= 4 is 17.5 Å². The van der Waals surface area contributed by atoms with Gasteiger partial charge in [0.2, 0.25) is 11.8 Å². The van der Waals surface area contributed by atoms with E-state index in [0.717, 1.165) is 11.4 Å². The minimum absolute atomic E-state index is 0.0268. The molecule has 0 N–H and O–H groups in total. The van der Waals surface area contributed by atoms with E-state index in [9.17, 15) is 9.59 Å². The lowest BCUT2D eigenvalue weighted by molar-refractivity contribution is -0.128. The predicted octanol–water partition coefficient (Wildman–Crippen LogP) is 3.31. The Kier molecular flexibility index (Phi) is 5.03. The quantitative estimate of drug-likeness (QED) is 0.840. The summed E-state index contributed by atoms with van der Waals surface area (Å²) in [6, 6.07) is 16.9. The van der Waals surface area contributed by atoms with Crippen LogP contribution in [0, 0.1) is 5.92 Å². The van der Waals surface area contributed by atoms with Crippen LogP contribution in [0.3, 0.4) is 0 Å². The Bertz CT molecular complexity index is 743. The van der Waals surface area contributed by atoms with Crippen molar-refractivity contribution in [1.82, 2.24) is 4.90 Å². The number of anilines is 1. The monoisotopic (exact) mass is 338 g/mol. The van der Waals surface area contributed by atoms with Gasteiger partial charge in [-0.25, -0.2) is 0 Å². The fraction of sp³-hybridized carbons (Fsp3) is 0.300. The zero-order valence-corrected chi connectivity index (χ0v) is 14.5. The summed E-state index contributed by atoms with van der Waals surface area (Å²) in [5.41, 5.74) is 0.785. The van der Waals surface area contributed by atoms with Crippen LogP contribution in [0.4, 0.5) is 5.69 Å². The Morgan fingerprint density at radius 3 is 2.36 bits per heavy atom. The van der Waals surface area contributed by atoms with Crippen LogP contribution in [0.1, 0.15) is 13.3 Å². The van der Waals surface area contributed by atoms with E-state index in [2.05, 4.69) is 0 Å². The minimum atomic E-state index is -0.266. The molecule has 0 aliphatic carbocycles. The number of carbonyl (C=O) groups excluding carboxylic acids is 2. The zero-order chi connectivity index (χ0) is 17.8. The van der Waals surface area contributed by atoms with Crippen LogP contribution in [-0.4, -0.2) is 36.9 Å². The summed E-state index contributed by atoms with van der Waals surface area (Å²) in [7, 11) is 1.74.